The van der Waals surface area contributed by atoms with Gasteiger partial charge in [-0.05, 0) is 36.6 Å². The van der Waals surface area contributed by atoms with E-state index in [1.165, 1.54) is 0 Å². The van der Waals surface area contributed by atoms with Gasteiger partial charge in [0.1, 0.15) is 18.5 Å². The van der Waals surface area contributed by atoms with Crippen LogP contribution in [0.3, 0.4) is 0 Å². The van der Waals surface area contributed by atoms with Crippen LogP contribution in [0, 0.1) is 0 Å². The van der Waals surface area contributed by atoms with Crippen molar-refractivity contribution in [2.24, 2.45) is 0 Å². The van der Waals surface area contributed by atoms with Crippen molar-refractivity contribution in [3.63, 3.8) is 0 Å². The first-order valence-electron chi connectivity index (χ1n) is 10.9. The van der Waals surface area contributed by atoms with Gasteiger partial charge in [0, 0.05) is 19.3 Å². The summed E-state index contributed by atoms with van der Waals surface area (Å²) in [5.74, 6) is -0.759. The van der Waals surface area contributed by atoms with Crippen molar-refractivity contribution in [1.29, 1.82) is 0 Å². The van der Waals surface area contributed by atoms with Crippen LogP contribution in [0.2, 0.25) is 0 Å². The van der Waals surface area contributed by atoms with Gasteiger partial charge >= 0.3 is 12.0 Å². The van der Waals surface area contributed by atoms with Gasteiger partial charge in [-0.3, -0.25) is 9.59 Å². The molecule has 4 rings (SSSR count). The Morgan fingerprint density at radius 2 is 1.94 bits per heavy atom. The molecule has 1 saturated heterocycles. The second kappa shape index (κ2) is 9.91. The number of rotatable bonds is 5. The monoisotopic (exact) mass is 453 g/mol. The van der Waals surface area contributed by atoms with Crippen molar-refractivity contribution >= 4 is 23.6 Å². The van der Waals surface area contributed by atoms with E-state index in [9.17, 15) is 14.4 Å². The average molecular weight is 453 g/mol. The number of hydrogen-bond donors (Lipinski definition) is 3. The summed E-state index contributed by atoms with van der Waals surface area (Å²) >= 11 is 0. The zero-order valence-corrected chi connectivity index (χ0v) is 18.3. The third kappa shape index (κ3) is 5.43. The highest BCUT2D eigenvalue weighted by Crippen LogP contribution is 2.32. The van der Waals surface area contributed by atoms with E-state index in [0.29, 0.717) is 36.4 Å². The maximum Gasteiger partial charge on any atom is 0.319 e. The topological polar surface area (TPSA) is 117 Å². The van der Waals surface area contributed by atoms with Crippen LogP contribution in [0.4, 0.5) is 10.5 Å². The molecule has 174 valence electrons. The van der Waals surface area contributed by atoms with Crippen molar-refractivity contribution in [3.05, 3.63) is 59.7 Å². The molecule has 0 unspecified atom stereocenters. The first kappa shape index (κ1) is 22.6. The van der Waals surface area contributed by atoms with E-state index in [1.807, 2.05) is 30.3 Å². The summed E-state index contributed by atoms with van der Waals surface area (Å²) in [6.07, 6.45) is 0.311. The first-order chi connectivity index (χ1) is 15.9. The first-order valence-corrected chi connectivity index (χ1v) is 10.9. The number of carboxylic acids is 1. The maximum atomic E-state index is 13.2. The third-order valence-electron chi connectivity index (χ3n) is 5.97. The predicted molar refractivity (Wildman–Crippen MR) is 120 cm³/mol. The number of anilines is 1. The van der Waals surface area contributed by atoms with Crippen LogP contribution < -0.4 is 15.4 Å². The van der Waals surface area contributed by atoms with Crippen molar-refractivity contribution in [3.8, 4) is 5.75 Å². The number of aliphatic carboxylic acids is 1. The van der Waals surface area contributed by atoms with E-state index in [2.05, 4.69) is 10.6 Å². The molecule has 9 heteroatoms. The second-order valence-corrected chi connectivity index (χ2v) is 8.27. The number of fused-ring (bicyclic) bond motifs is 2. The number of amides is 3. The highest BCUT2D eigenvalue weighted by atomic mass is 16.5. The maximum absolute atomic E-state index is 13.2. The van der Waals surface area contributed by atoms with Gasteiger partial charge < -0.3 is 30.1 Å². The minimum absolute atomic E-state index is 0.0706. The molecule has 0 saturated carbocycles. The third-order valence-corrected chi connectivity index (χ3v) is 5.97. The predicted octanol–water partition coefficient (Wildman–Crippen LogP) is 2.86. The van der Waals surface area contributed by atoms with Crippen molar-refractivity contribution in [2.75, 3.05) is 19.0 Å². The Hall–Kier alpha value is -3.59. The minimum Gasteiger partial charge on any atom is -0.490 e. The number of carboxylic acid groups (broad SMARTS) is 1. The number of urea groups is 1. The lowest BCUT2D eigenvalue weighted by atomic mass is 9.94. The molecule has 0 spiro atoms. The van der Waals surface area contributed by atoms with Crippen LogP contribution >= 0.6 is 0 Å². The van der Waals surface area contributed by atoms with Crippen molar-refractivity contribution in [2.45, 2.75) is 44.1 Å². The van der Waals surface area contributed by atoms with Gasteiger partial charge in [-0.15, -0.1) is 0 Å². The van der Waals surface area contributed by atoms with Crippen LogP contribution in [0.1, 0.15) is 35.2 Å². The van der Waals surface area contributed by atoms with E-state index < -0.39 is 18.2 Å². The van der Waals surface area contributed by atoms with Gasteiger partial charge in [-0.2, -0.15) is 0 Å². The Kier molecular flexibility index (Phi) is 6.79. The molecule has 2 heterocycles. The zero-order chi connectivity index (χ0) is 23.4. The van der Waals surface area contributed by atoms with Crippen LogP contribution in [0.25, 0.3) is 0 Å². The smallest absolute Gasteiger partial charge is 0.319 e. The fourth-order valence-corrected chi connectivity index (χ4v) is 4.25. The molecule has 0 aromatic heterocycles. The molecule has 9 nitrogen and oxygen atoms in total. The normalized spacial score (nSPS) is 22.2. The SMILES string of the molecule is CN1C(=O)c2cc(NC(=O)NCc3ccccc3)ccc2OC[C@H]2O[C@H](CC(=O)O)CC[C@H]21. The molecule has 3 amide bonds. The van der Waals surface area contributed by atoms with Crippen molar-refractivity contribution < 1.29 is 29.0 Å². The van der Waals surface area contributed by atoms with Gasteiger partial charge in [0.2, 0.25) is 0 Å². The molecule has 0 bridgehead atoms. The molecule has 3 N–H and O–H groups in total. The number of ether oxygens (including phenoxy) is 2. The number of hydrogen-bond acceptors (Lipinski definition) is 5. The second-order valence-electron chi connectivity index (χ2n) is 8.27. The van der Waals surface area contributed by atoms with Gasteiger partial charge in [0.05, 0.1) is 24.1 Å². The van der Waals surface area contributed by atoms with Gasteiger partial charge in [0.25, 0.3) is 5.91 Å². The molecule has 0 aliphatic carbocycles. The number of nitrogens with one attached hydrogen (secondary N) is 2. The molecular formula is C24H27N3O6. The Bertz CT molecular complexity index is 1030. The van der Waals surface area contributed by atoms with Crippen LogP contribution in [0.5, 0.6) is 5.75 Å². The highest BCUT2D eigenvalue weighted by molar-refractivity contribution is 5.99. The Morgan fingerprint density at radius 3 is 2.70 bits per heavy atom. The lowest BCUT2D eigenvalue weighted by molar-refractivity contribution is -0.148. The standard InChI is InChI=1S/C24H27N3O6/c1-27-19-9-8-17(12-22(28)29)33-21(19)14-32-20-10-7-16(11-18(20)23(27)30)26-24(31)25-13-15-5-3-2-4-6-15/h2-7,10-11,17,19,21H,8-9,12-14H2,1H3,(H,28,29)(H2,25,26,31)/t17-,19+,21+/m0/s1. The van der Waals surface area contributed by atoms with E-state index in [-0.39, 0.29) is 31.0 Å². The summed E-state index contributed by atoms with van der Waals surface area (Å²) in [5.41, 5.74) is 1.80. The minimum atomic E-state index is -0.909. The highest BCUT2D eigenvalue weighted by Gasteiger charge is 2.39. The van der Waals surface area contributed by atoms with Gasteiger partial charge in [-0.1, -0.05) is 30.3 Å². The lowest BCUT2D eigenvalue weighted by Crippen LogP contribution is -2.53. The van der Waals surface area contributed by atoms with E-state index in [0.717, 1.165) is 5.56 Å². The number of carbonyl (C=O) groups excluding carboxylic acids is 2. The van der Waals surface area contributed by atoms with Gasteiger partial charge in [-0.25, -0.2) is 4.79 Å². The molecule has 3 atom stereocenters. The quantitative estimate of drug-likeness (QED) is 0.641. The average Bonchev–Trinajstić information content (AvgIpc) is 2.81. The zero-order valence-electron chi connectivity index (χ0n) is 18.3. The van der Waals surface area contributed by atoms with E-state index in [1.54, 1.807) is 30.1 Å². The van der Waals surface area contributed by atoms with Crippen LogP contribution in [-0.4, -0.2) is 59.8 Å². The Labute approximate surface area is 191 Å². The van der Waals surface area contributed by atoms with Crippen molar-refractivity contribution in [1.82, 2.24) is 10.2 Å². The largest absolute Gasteiger partial charge is 0.490 e. The fraction of sp³-hybridized carbons (Fsp3) is 0.375. The fourth-order valence-electron chi connectivity index (χ4n) is 4.25. The molecule has 2 aromatic rings. The molecule has 2 aromatic carbocycles. The summed E-state index contributed by atoms with van der Waals surface area (Å²) in [6, 6.07) is 13.9. The molecule has 1 fully saturated rings. The van der Waals surface area contributed by atoms with Gasteiger partial charge in [0.15, 0.2) is 0 Å². The van der Waals surface area contributed by atoms with E-state index in [4.69, 9.17) is 14.6 Å². The van der Waals surface area contributed by atoms with Crippen LogP contribution in [0.15, 0.2) is 48.5 Å². The Morgan fingerprint density at radius 1 is 1.15 bits per heavy atom. The number of benzene rings is 2. The summed E-state index contributed by atoms with van der Waals surface area (Å²) in [4.78, 5) is 38.2. The summed E-state index contributed by atoms with van der Waals surface area (Å²) < 4.78 is 11.8. The molecule has 33 heavy (non-hydrogen) atoms. The molecule has 0 radical (unpaired) electrons. The summed E-state index contributed by atoms with van der Waals surface area (Å²) in [7, 11) is 1.71. The molecule has 2 aliphatic rings. The number of nitrogens with zero attached hydrogens (tertiary/aromatic N) is 1. The molecule has 2 aliphatic heterocycles. The summed E-state index contributed by atoms with van der Waals surface area (Å²) in [6.45, 7) is 0.587. The number of carbonyl (C=O) groups is 3. The van der Waals surface area contributed by atoms with Crippen LogP contribution in [-0.2, 0) is 16.1 Å². The van der Waals surface area contributed by atoms with E-state index >= 15 is 0 Å². The lowest BCUT2D eigenvalue weighted by Gasteiger charge is -2.42. The Balaban J connectivity index is 1.44. The molecular weight excluding hydrogens is 426 g/mol. The number of likely N-dealkylation sites (N-methyl/N-ethyl adjacent to an activating group) is 1. The summed E-state index contributed by atoms with van der Waals surface area (Å²) in [5, 5.41) is 14.6.